The number of thiophene rings is 1. The van der Waals surface area contributed by atoms with Gasteiger partial charge in [0.15, 0.2) is 5.65 Å². The molecule has 0 N–H and O–H groups in total. The molecule has 4 heterocycles. The number of likely N-dealkylation sites (tertiary alicyclic amines) is 1. The van der Waals surface area contributed by atoms with Crippen LogP contribution in [0.1, 0.15) is 35.5 Å². The Morgan fingerprint density at radius 1 is 1.08 bits per heavy atom. The first-order valence-electron chi connectivity index (χ1n) is 8.64. The van der Waals surface area contributed by atoms with Crippen LogP contribution in [0, 0.1) is 20.8 Å². The number of fused-ring (bicyclic) bond motifs is 3. The van der Waals surface area contributed by atoms with E-state index >= 15 is 0 Å². The topological polar surface area (TPSA) is 55.4 Å². The summed E-state index contributed by atoms with van der Waals surface area (Å²) in [6.07, 6.45) is 3.85. The molecule has 0 saturated carbocycles. The number of nitrogens with zero attached hydrogens (tertiary/aromatic N) is 5. The highest BCUT2D eigenvalue weighted by Gasteiger charge is 2.18. The molecule has 1 aliphatic rings. The SMILES string of the molecule is Cc1sc2nc(C)n3c(=O)n(CCN4CCCCC4)nc3c2c1C. The highest BCUT2D eigenvalue weighted by Crippen LogP contribution is 2.31. The van der Waals surface area contributed by atoms with Gasteiger partial charge in [0.05, 0.1) is 11.9 Å². The molecule has 7 heteroatoms. The van der Waals surface area contributed by atoms with Crippen LogP contribution >= 0.6 is 11.3 Å². The number of hydrogen-bond acceptors (Lipinski definition) is 5. The van der Waals surface area contributed by atoms with E-state index in [9.17, 15) is 4.79 Å². The first-order chi connectivity index (χ1) is 11.6. The molecule has 0 spiro atoms. The Bertz CT molecular complexity index is 961. The molecule has 1 fully saturated rings. The fourth-order valence-electron chi connectivity index (χ4n) is 3.57. The van der Waals surface area contributed by atoms with Crippen LogP contribution in [0.4, 0.5) is 0 Å². The van der Waals surface area contributed by atoms with Gasteiger partial charge in [-0.3, -0.25) is 0 Å². The van der Waals surface area contributed by atoms with Gasteiger partial charge in [-0.15, -0.1) is 16.4 Å². The molecule has 0 aliphatic carbocycles. The Labute approximate surface area is 144 Å². The molecule has 0 amide bonds. The Kier molecular flexibility index (Phi) is 3.92. The van der Waals surface area contributed by atoms with Crippen molar-refractivity contribution in [3.8, 4) is 0 Å². The lowest BCUT2D eigenvalue weighted by molar-refractivity contribution is 0.217. The number of rotatable bonds is 3. The second-order valence-corrected chi connectivity index (χ2v) is 7.89. The maximum Gasteiger partial charge on any atom is 0.351 e. The summed E-state index contributed by atoms with van der Waals surface area (Å²) in [5.41, 5.74) is 1.86. The van der Waals surface area contributed by atoms with Crippen molar-refractivity contribution < 1.29 is 0 Å². The molecule has 0 bridgehead atoms. The average molecular weight is 345 g/mol. The van der Waals surface area contributed by atoms with Crippen molar-refractivity contribution in [1.82, 2.24) is 24.1 Å². The summed E-state index contributed by atoms with van der Waals surface area (Å²) < 4.78 is 3.28. The first kappa shape index (κ1) is 15.8. The van der Waals surface area contributed by atoms with Gasteiger partial charge in [-0.25, -0.2) is 18.9 Å². The molecule has 0 aromatic carbocycles. The van der Waals surface area contributed by atoms with Crippen molar-refractivity contribution >= 4 is 27.2 Å². The van der Waals surface area contributed by atoms with Gasteiger partial charge >= 0.3 is 5.69 Å². The highest BCUT2D eigenvalue weighted by molar-refractivity contribution is 7.18. The third-order valence-electron chi connectivity index (χ3n) is 5.09. The maximum absolute atomic E-state index is 12.8. The summed E-state index contributed by atoms with van der Waals surface area (Å²) in [7, 11) is 0. The fourth-order valence-corrected chi connectivity index (χ4v) is 4.64. The Hall–Kier alpha value is -1.73. The minimum Gasteiger partial charge on any atom is -0.301 e. The van der Waals surface area contributed by atoms with E-state index in [1.165, 1.54) is 29.7 Å². The normalized spacial score (nSPS) is 16.5. The molecule has 4 rings (SSSR count). The first-order valence-corrected chi connectivity index (χ1v) is 9.46. The van der Waals surface area contributed by atoms with Gasteiger partial charge in [0.2, 0.25) is 0 Å². The van der Waals surface area contributed by atoms with Crippen LogP contribution in [0.5, 0.6) is 0 Å². The zero-order chi connectivity index (χ0) is 16.8. The molecular formula is C17H23N5OS. The number of aryl methyl sites for hydroxylation is 3. The minimum absolute atomic E-state index is 0.0721. The lowest BCUT2D eigenvalue weighted by Gasteiger charge is -2.25. The van der Waals surface area contributed by atoms with Gasteiger partial charge in [0.1, 0.15) is 10.7 Å². The van der Waals surface area contributed by atoms with Crippen molar-refractivity contribution in [1.29, 1.82) is 0 Å². The lowest BCUT2D eigenvalue weighted by atomic mass is 10.1. The molecule has 3 aromatic heterocycles. The van der Waals surface area contributed by atoms with Crippen LogP contribution < -0.4 is 5.69 Å². The third kappa shape index (κ3) is 2.46. The Balaban J connectivity index is 1.77. The van der Waals surface area contributed by atoms with E-state index in [-0.39, 0.29) is 5.69 Å². The Morgan fingerprint density at radius 3 is 2.58 bits per heavy atom. The minimum atomic E-state index is -0.0721. The molecule has 0 atom stereocenters. The summed E-state index contributed by atoms with van der Waals surface area (Å²) in [5, 5.41) is 5.69. The predicted octanol–water partition coefficient (Wildman–Crippen LogP) is 2.52. The molecule has 1 aliphatic heterocycles. The largest absolute Gasteiger partial charge is 0.351 e. The maximum atomic E-state index is 12.8. The molecule has 6 nitrogen and oxygen atoms in total. The molecule has 0 radical (unpaired) electrons. The third-order valence-corrected chi connectivity index (χ3v) is 6.19. The van der Waals surface area contributed by atoms with Crippen LogP contribution in [0.3, 0.4) is 0 Å². The fraction of sp³-hybridized carbons (Fsp3) is 0.588. The molecule has 1 saturated heterocycles. The van der Waals surface area contributed by atoms with E-state index in [1.54, 1.807) is 20.4 Å². The van der Waals surface area contributed by atoms with Crippen LogP contribution in [0.25, 0.3) is 15.9 Å². The van der Waals surface area contributed by atoms with Crippen molar-refractivity contribution in [2.45, 2.75) is 46.6 Å². The molecule has 24 heavy (non-hydrogen) atoms. The van der Waals surface area contributed by atoms with E-state index in [0.29, 0.717) is 12.4 Å². The average Bonchev–Trinajstić information content (AvgIpc) is 3.04. The van der Waals surface area contributed by atoms with Crippen LogP contribution in [0.15, 0.2) is 4.79 Å². The number of piperidine rings is 1. The van der Waals surface area contributed by atoms with Gasteiger partial charge in [0, 0.05) is 11.4 Å². The van der Waals surface area contributed by atoms with E-state index in [4.69, 9.17) is 0 Å². The molecular weight excluding hydrogens is 322 g/mol. The number of aromatic nitrogens is 4. The van der Waals surface area contributed by atoms with Crippen molar-refractivity contribution in [3.63, 3.8) is 0 Å². The quantitative estimate of drug-likeness (QED) is 0.732. The van der Waals surface area contributed by atoms with E-state index in [0.717, 1.165) is 35.5 Å². The standard InChI is InChI=1S/C17H23N5OS/c1-11-12(2)24-16-14(11)15-19-21(17(23)22(15)13(3)18-16)10-9-20-7-5-4-6-8-20/h4-10H2,1-3H3. The predicted molar refractivity (Wildman–Crippen MR) is 97.1 cm³/mol. The number of hydrogen-bond donors (Lipinski definition) is 0. The Morgan fingerprint density at radius 2 is 1.83 bits per heavy atom. The second-order valence-electron chi connectivity index (χ2n) is 6.69. The molecule has 0 unspecified atom stereocenters. The molecule has 3 aromatic rings. The van der Waals surface area contributed by atoms with Crippen LogP contribution in [0.2, 0.25) is 0 Å². The van der Waals surface area contributed by atoms with Crippen LogP contribution in [-0.4, -0.2) is 43.7 Å². The summed E-state index contributed by atoms with van der Waals surface area (Å²) in [6, 6.07) is 0. The van der Waals surface area contributed by atoms with Gasteiger partial charge in [-0.1, -0.05) is 6.42 Å². The van der Waals surface area contributed by atoms with E-state index in [1.807, 2.05) is 6.92 Å². The van der Waals surface area contributed by atoms with Crippen LogP contribution in [-0.2, 0) is 6.54 Å². The van der Waals surface area contributed by atoms with E-state index in [2.05, 4.69) is 28.8 Å². The second kappa shape index (κ2) is 5.97. The van der Waals surface area contributed by atoms with Gasteiger partial charge < -0.3 is 4.90 Å². The lowest BCUT2D eigenvalue weighted by Crippen LogP contribution is -2.35. The van der Waals surface area contributed by atoms with Gasteiger partial charge in [0.25, 0.3) is 0 Å². The van der Waals surface area contributed by atoms with Crippen molar-refractivity contribution in [2.75, 3.05) is 19.6 Å². The zero-order valence-corrected chi connectivity index (χ0v) is 15.3. The highest BCUT2D eigenvalue weighted by atomic mass is 32.1. The smallest absolute Gasteiger partial charge is 0.301 e. The van der Waals surface area contributed by atoms with Crippen molar-refractivity contribution in [2.24, 2.45) is 0 Å². The monoisotopic (exact) mass is 345 g/mol. The summed E-state index contributed by atoms with van der Waals surface area (Å²) in [6.45, 7) is 9.87. The summed E-state index contributed by atoms with van der Waals surface area (Å²) in [5.74, 6) is 0.716. The van der Waals surface area contributed by atoms with E-state index < -0.39 is 0 Å². The molecule has 128 valence electrons. The summed E-state index contributed by atoms with van der Waals surface area (Å²) in [4.78, 5) is 22.1. The van der Waals surface area contributed by atoms with Gasteiger partial charge in [-0.2, -0.15) is 0 Å². The zero-order valence-electron chi connectivity index (χ0n) is 14.5. The summed E-state index contributed by atoms with van der Waals surface area (Å²) >= 11 is 1.67. The van der Waals surface area contributed by atoms with Crippen molar-refractivity contribution in [3.05, 3.63) is 26.7 Å². The van der Waals surface area contributed by atoms with Gasteiger partial charge in [-0.05, 0) is 52.3 Å².